The molecule has 3 aromatic rings. The van der Waals surface area contributed by atoms with Gasteiger partial charge in [0.05, 0.1) is 14.8 Å². The van der Waals surface area contributed by atoms with Gasteiger partial charge in [0.25, 0.3) is 11.7 Å². The van der Waals surface area contributed by atoms with E-state index in [2.05, 4.69) is 0 Å². The van der Waals surface area contributed by atoms with Crippen LogP contribution in [-0.4, -0.2) is 41.3 Å². The molecule has 0 aliphatic carbocycles. The summed E-state index contributed by atoms with van der Waals surface area (Å²) < 4.78 is 80.7. The minimum atomic E-state index is -4.54. The van der Waals surface area contributed by atoms with E-state index < -0.39 is 53.7 Å². The standard InChI is InChI=1S/C24H21ClF2N2O5S2/c1-35(31,32)22-6-3-2-5-19(22)16-7-9-17(10-8-16)29-14-4-13-24(27,23(29)30)28-36(33,34)18-11-12-21(26)20(25)15-18/h2-3,5-12,15,28H,4,13-14H2,1H3. The van der Waals surface area contributed by atoms with Gasteiger partial charge in [-0.2, -0.15) is 4.72 Å². The summed E-state index contributed by atoms with van der Waals surface area (Å²) in [5, 5.41) is -0.458. The van der Waals surface area contributed by atoms with Crippen molar-refractivity contribution in [2.75, 3.05) is 17.7 Å². The van der Waals surface area contributed by atoms with Crippen LogP contribution in [-0.2, 0) is 24.7 Å². The van der Waals surface area contributed by atoms with Gasteiger partial charge in [0.1, 0.15) is 5.82 Å². The number of nitrogens with one attached hydrogen (secondary N) is 1. The molecule has 36 heavy (non-hydrogen) atoms. The van der Waals surface area contributed by atoms with Crippen LogP contribution < -0.4 is 9.62 Å². The Hall–Kier alpha value is -2.86. The number of benzene rings is 3. The fraction of sp³-hybridized carbons (Fsp3) is 0.208. The van der Waals surface area contributed by atoms with Gasteiger partial charge in [-0.15, -0.1) is 0 Å². The van der Waals surface area contributed by atoms with E-state index in [1.807, 2.05) is 4.72 Å². The Balaban J connectivity index is 1.61. The third-order valence-electron chi connectivity index (χ3n) is 5.76. The molecule has 1 saturated heterocycles. The lowest BCUT2D eigenvalue weighted by molar-refractivity contribution is -0.133. The van der Waals surface area contributed by atoms with Crippen LogP contribution in [0, 0.1) is 5.82 Å². The molecule has 12 heteroatoms. The molecule has 1 amide bonds. The van der Waals surface area contributed by atoms with E-state index in [4.69, 9.17) is 11.6 Å². The Morgan fingerprint density at radius 3 is 2.31 bits per heavy atom. The van der Waals surface area contributed by atoms with Gasteiger partial charge in [-0.05, 0) is 48.4 Å². The lowest BCUT2D eigenvalue weighted by Gasteiger charge is -2.36. The van der Waals surface area contributed by atoms with Crippen LogP contribution in [0.2, 0.25) is 5.02 Å². The van der Waals surface area contributed by atoms with Gasteiger partial charge in [0.2, 0.25) is 10.0 Å². The van der Waals surface area contributed by atoms with Gasteiger partial charge in [-0.3, -0.25) is 4.79 Å². The van der Waals surface area contributed by atoms with Gasteiger partial charge in [-0.25, -0.2) is 25.6 Å². The van der Waals surface area contributed by atoms with Crippen molar-refractivity contribution in [3.8, 4) is 11.1 Å². The second-order valence-corrected chi connectivity index (χ2v) is 12.4. The van der Waals surface area contributed by atoms with Crippen molar-refractivity contribution in [3.05, 3.63) is 77.6 Å². The Morgan fingerprint density at radius 2 is 1.67 bits per heavy atom. The number of hydrogen-bond acceptors (Lipinski definition) is 5. The highest BCUT2D eigenvalue weighted by molar-refractivity contribution is 7.91. The number of rotatable bonds is 6. The average molecular weight is 555 g/mol. The van der Waals surface area contributed by atoms with Crippen molar-refractivity contribution in [2.45, 2.75) is 28.4 Å². The molecule has 0 radical (unpaired) electrons. The predicted molar refractivity (Wildman–Crippen MR) is 132 cm³/mol. The number of anilines is 1. The number of amides is 1. The van der Waals surface area contributed by atoms with Gasteiger partial charge in [-0.1, -0.05) is 41.9 Å². The van der Waals surface area contributed by atoms with Crippen LogP contribution in [0.15, 0.2) is 76.5 Å². The summed E-state index contributed by atoms with van der Waals surface area (Å²) in [5.74, 6) is -4.87. The first-order valence-corrected chi connectivity index (χ1v) is 14.5. The monoisotopic (exact) mass is 554 g/mol. The maximum Gasteiger partial charge on any atom is 0.280 e. The van der Waals surface area contributed by atoms with Crippen LogP contribution in [0.4, 0.5) is 14.5 Å². The third-order valence-corrected chi connectivity index (χ3v) is 8.67. The van der Waals surface area contributed by atoms with E-state index in [1.54, 1.807) is 30.3 Å². The van der Waals surface area contributed by atoms with Crippen molar-refractivity contribution in [1.29, 1.82) is 0 Å². The molecule has 4 rings (SSSR count). The largest absolute Gasteiger partial charge is 0.308 e. The highest BCUT2D eigenvalue weighted by atomic mass is 35.5. The molecule has 1 fully saturated rings. The van der Waals surface area contributed by atoms with Gasteiger partial charge in [0, 0.05) is 30.5 Å². The molecular weight excluding hydrogens is 534 g/mol. The molecule has 7 nitrogen and oxygen atoms in total. The van der Waals surface area contributed by atoms with E-state index in [0.29, 0.717) is 16.8 Å². The summed E-state index contributed by atoms with van der Waals surface area (Å²) in [7, 11) is -8.03. The molecule has 0 spiro atoms. The van der Waals surface area contributed by atoms with Crippen LogP contribution in [0.3, 0.4) is 0 Å². The van der Waals surface area contributed by atoms with Gasteiger partial charge < -0.3 is 4.90 Å². The van der Waals surface area contributed by atoms with Crippen molar-refractivity contribution in [3.63, 3.8) is 0 Å². The van der Waals surface area contributed by atoms with E-state index in [1.165, 1.54) is 18.2 Å². The molecule has 190 valence electrons. The van der Waals surface area contributed by atoms with E-state index in [9.17, 15) is 26.0 Å². The van der Waals surface area contributed by atoms with Crippen molar-refractivity contribution >= 4 is 43.1 Å². The molecule has 1 atom stereocenters. The second kappa shape index (κ2) is 9.55. The van der Waals surface area contributed by atoms with Crippen LogP contribution in [0.5, 0.6) is 0 Å². The number of hydrogen-bond donors (Lipinski definition) is 1. The Bertz CT molecular complexity index is 1550. The van der Waals surface area contributed by atoms with Gasteiger partial charge in [0.15, 0.2) is 9.84 Å². The highest BCUT2D eigenvalue weighted by Crippen LogP contribution is 2.33. The first-order chi connectivity index (χ1) is 16.8. The van der Waals surface area contributed by atoms with E-state index in [-0.39, 0.29) is 17.9 Å². The van der Waals surface area contributed by atoms with E-state index in [0.717, 1.165) is 29.4 Å². The normalized spacial score (nSPS) is 18.9. The van der Waals surface area contributed by atoms with Crippen LogP contribution in [0.1, 0.15) is 12.8 Å². The zero-order chi connectivity index (χ0) is 26.3. The SMILES string of the molecule is CS(=O)(=O)c1ccccc1-c1ccc(N2CCCC(F)(NS(=O)(=O)c3ccc(F)c(Cl)c3)C2=O)cc1. The maximum atomic E-state index is 15.7. The highest BCUT2D eigenvalue weighted by Gasteiger charge is 2.48. The Labute approximate surface area is 212 Å². The molecule has 0 saturated carbocycles. The minimum Gasteiger partial charge on any atom is -0.308 e. The van der Waals surface area contributed by atoms with Crippen LogP contribution in [0.25, 0.3) is 11.1 Å². The number of piperidine rings is 1. The average Bonchev–Trinajstić information content (AvgIpc) is 2.82. The number of sulfone groups is 1. The third kappa shape index (κ3) is 5.15. The fourth-order valence-corrected chi connectivity index (χ4v) is 6.42. The zero-order valence-corrected chi connectivity index (χ0v) is 21.3. The summed E-state index contributed by atoms with van der Waals surface area (Å²) in [6.07, 6.45) is 0.873. The second-order valence-electron chi connectivity index (χ2n) is 8.36. The number of alkyl halides is 1. The lowest BCUT2D eigenvalue weighted by Crippen LogP contribution is -2.60. The summed E-state index contributed by atoms with van der Waals surface area (Å²) >= 11 is 5.65. The number of carbonyl (C=O) groups excluding carboxylic acids is 1. The molecule has 0 bridgehead atoms. The number of sulfonamides is 1. The van der Waals surface area contributed by atoms with Crippen LogP contribution >= 0.6 is 11.6 Å². The topological polar surface area (TPSA) is 101 Å². The maximum absolute atomic E-state index is 15.7. The summed E-state index contributed by atoms with van der Waals surface area (Å²) in [5.41, 5.74) is 1.36. The Morgan fingerprint density at radius 1 is 1.00 bits per heavy atom. The fourth-order valence-electron chi connectivity index (χ4n) is 4.01. The minimum absolute atomic E-state index is 0.143. The molecule has 1 aliphatic heterocycles. The lowest BCUT2D eigenvalue weighted by atomic mass is 10.0. The number of halogens is 3. The van der Waals surface area contributed by atoms with Crippen molar-refractivity contribution in [2.24, 2.45) is 0 Å². The van der Waals surface area contributed by atoms with E-state index >= 15 is 4.39 Å². The van der Waals surface area contributed by atoms with Crippen molar-refractivity contribution in [1.82, 2.24) is 4.72 Å². The van der Waals surface area contributed by atoms with Gasteiger partial charge >= 0.3 is 0 Å². The Kier molecular flexibility index (Phi) is 6.95. The predicted octanol–water partition coefficient (Wildman–Crippen LogP) is 4.32. The number of carbonyl (C=O) groups is 1. The molecule has 1 N–H and O–H groups in total. The molecule has 1 aliphatic rings. The molecule has 3 aromatic carbocycles. The van der Waals surface area contributed by atoms with Crippen molar-refractivity contribution < 1.29 is 30.4 Å². The molecule has 1 unspecified atom stereocenters. The quantitative estimate of drug-likeness (QED) is 0.457. The summed E-state index contributed by atoms with van der Waals surface area (Å²) in [6, 6.07) is 15.3. The molecule has 1 heterocycles. The first kappa shape index (κ1) is 26.2. The first-order valence-electron chi connectivity index (χ1n) is 10.7. The molecule has 0 aromatic heterocycles. The molecular formula is C24H21ClF2N2O5S2. The summed E-state index contributed by atoms with van der Waals surface area (Å²) in [6.45, 7) is 0.147. The number of nitrogens with zero attached hydrogens (tertiary/aromatic N) is 1. The summed E-state index contributed by atoms with van der Waals surface area (Å²) in [4.78, 5) is 13.9. The zero-order valence-electron chi connectivity index (χ0n) is 18.9. The smallest absolute Gasteiger partial charge is 0.280 e.